The standard InChI is InChI=1S/C11H16N2O2/c1-3-7-12-8-5-6-11(12)9-10(4-2)13(14)15/h5-6,8-9H,3-4,7H2,1-2H3. The van der Waals surface area contributed by atoms with Gasteiger partial charge >= 0.3 is 0 Å². The Morgan fingerprint density at radius 3 is 2.87 bits per heavy atom. The van der Waals surface area contributed by atoms with Crippen LogP contribution >= 0.6 is 0 Å². The van der Waals surface area contributed by atoms with Crippen molar-refractivity contribution in [1.29, 1.82) is 0 Å². The summed E-state index contributed by atoms with van der Waals surface area (Å²) in [5, 5.41) is 10.7. The topological polar surface area (TPSA) is 48.1 Å². The molecule has 1 aromatic heterocycles. The summed E-state index contributed by atoms with van der Waals surface area (Å²) in [7, 11) is 0. The first-order valence-corrected chi connectivity index (χ1v) is 5.19. The summed E-state index contributed by atoms with van der Waals surface area (Å²) < 4.78 is 2.03. The molecule has 0 atom stereocenters. The average Bonchev–Trinajstić information content (AvgIpc) is 2.62. The number of allylic oxidation sites excluding steroid dienone is 1. The van der Waals surface area contributed by atoms with Gasteiger partial charge in [-0.2, -0.15) is 0 Å². The number of aromatic nitrogens is 1. The van der Waals surface area contributed by atoms with E-state index in [4.69, 9.17) is 0 Å². The van der Waals surface area contributed by atoms with Crippen LogP contribution in [0.25, 0.3) is 6.08 Å². The van der Waals surface area contributed by atoms with Crippen LogP contribution in [-0.2, 0) is 6.54 Å². The molecule has 1 heterocycles. The van der Waals surface area contributed by atoms with Gasteiger partial charge in [-0.3, -0.25) is 10.1 Å². The minimum absolute atomic E-state index is 0.256. The van der Waals surface area contributed by atoms with E-state index in [1.807, 2.05) is 22.9 Å². The van der Waals surface area contributed by atoms with E-state index >= 15 is 0 Å². The molecule has 1 aromatic rings. The Morgan fingerprint density at radius 2 is 2.33 bits per heavy atom. The quantitative estimate of drug-likeness (QED) is 0.551. The molecule has 15 heavy (non-hydrogen) atoms. The first kappa shape index (κ1) is 11.5. The SMILES string of the molecule is CCCn1cccc1C=C(CC)[N+](=O)[O-]. The molecule has 0 aromatic carbocycles. The summed E-state index contributed by atoms with van der Waals surface area (Å²) in [5.74, 6) is 0. The van der Waals surface area contributed by atoms with Crippen molar-refractivity contribution in [1.82, 2.24) is 4.57 Å². The van der Waals surface area contributed by atoms with Gasteiger partial charge in [0.25, 0.3) is 0 Å². The highest BCUT2D eigenvalue weighted by molar-refractivity contribution is 5.47. The van der Waals surface area contributed by atoms with Crippen LogP contribution < -0.4 is 0 Å². The Balaban J connectivity index is 2.95. The predicted molar refractivity (Wildman–Crippen MR) is 60.0 cm³/mol. The molecule has 0 N–H and O–H groups in total. The molecular weight excluding hydrogens is 192 g/mol. The molecule has 0 fully saturated rings. The van der Waals surface area contributed by atoms with Gasteiger partial charge in [-0.25, -0.2) is 0 Å². The summed E-state index contributed by atoms with van der Waals surface area (Å²) in [6.45, 7) is 4.77. The Kier molecular flexibility index (Phi) is 4.09. The fourth-order valence-electron chi connectivity index (χ4n) is 1.46. The number of hydrogen-bond donors (Lipinski definition) is 0. The monoisotopic (exact) mass is 208 g/mol. The molecule has 0 bridgehead atoms. The highest BCUT2D eigenvalue weighted by Crippen LogP contribution is 2.11. The smallest absolute Gasteiger partial charge is 0.248 e. The van der Waals surface area contributed by atoms with Crippen molar-refractivity contribution in [3.05, 3.63) is 39.8 Å². The third kappa shape index (κ3) is 2.94. The molecule has 0 spiro atoms. The van der Waals surface area contributed by atoms with E-state index in [9.17, 15) is 10.1 Å². The largest absolute Gasteiger partial charge is 0.348 e. The van der Waals surface area contributed by atoms with Crippen LogP contribution in [0.4, 0.5) is 0 Å². The molecule has 0 saturated carbocycles. The van der Waals surface area contributed by atoms with Crippen LogP contribution in [0.2, 0.25) is 0 Å². The Hall–Kier alpha value is -1.58. The molecular formula is C11H16N2O2. The number of rotatable bonds is 5. The van der Waals surface area contributed by atoms with Gasteiger partial charge in [0.15, 0.2) is 0 Å². The molecule has 0 saturated heterocycles. The van der Waals surface area contributed by atoms with Gasteiger partial charge < -0.3 is 4.57 Å². The zero-order chi connectivity index (χ0) is 11.3. The summed E-state index contributed by atoms with van der Waals surface area (Å²) in [4.78, 5) is 10.3. The maximum Gasteiger partial charge on any atom is 0.248 e. The number of nitrogens with zero attached hydrogens (tertiary/aromatic N) is 2. The molecule has 4 heteroatoms. The minimum Gasteiger partial charge on any atom is -0.348 e. The van der Waals surface area contributed by atoms with Gasteiger partial charge in [0.05, 0.1) is 4.92 Å². The van der Waals surface area contributed by atoms with Crippen molar-refractivity contribution in [2.24, 2.45) is 0 Å². The highest BCUT2D eigenvalue weighted by atomic mass is 16.6. The molecule has 4 nitrogen and oxygen atoms in total. The van der Waals surface area contributed by atoms with Crippen molar-refractivity contribution in [3.8, 4) is 0 Å². The van der Waals surface area contributed by atoms with E-state index < -0.39 is 0 Å². The van der Waals surface area contributed by atoms with Crippen LogP contribution in [0.15, 0.2) is 24.0 Å². The molecule has 82 valence electrons. The number of aryl methyl sites for hydroxylation is 1. The van der Waals surface area contributed by atoms with Crippen molar-refractivity contribution < 1.29 is 4.92 Å². The van der Waals surface area contributed by atoms with Crippen LogP contribution in [-0.4, -0.2) is 9.49 Å². The Bertz CT molecular complexity index is 366. The van der Waals surface area contributed by atoms with Crippen molar-refractivity contribution in [2.75, 3.05) is 0 Å². The van der Waals surface area contributed by atoms with Crippen LogP contribution in [0, 0.1) is 10.1 Å². The maximum atomic E-state index is 10.7. The van der Waals surface area contributed by atoms with Gasteiger partial charge in [0.1, 0.15) is 0 Å². The van der Waals surface area contributed by atoms with Crippen molar-refractivity contribution in [2.45, 2.75) is 33.2 Å². The Morgan fingerprint density at radius 1 is 1.60 bits per heavy atom. The molecule has 1 rings (SSSR count). The normalized spacial score (nSPS) is 11.7. The summed E-state index contributed by atoms with van der Waals surface area (Å²) >= 11 is 0. The van der Waals surface area contributed by atoms with Gasteiger partial charge in [-0.05, 0) is 18.6 Å². The van der Waals surface area contributed by atoms with E-state index in [1.54, 1.807) is 13.0 Å². The first-order chi connectivity index (χ1) is 7.19. The zero-order valence-corrected chi connectivity index (χ0v) is 9.14. The highest BCUT2D eigenvalue weighted by Gasteiger charge is 2.08. The van der Waals surface area contributed by atoms with E-state index in [0.717, 1.165) is 18.7 Å². The van der Waals surface area contributed by atoms with Crippen molar-refractivity contribution in [3.63, 3.8) is 0 Å². The molecule has 0 amide bonds. The molecule has 0 unspecified atom stereocenters. The molecule has 0 aliphatic carbocycles. The zero-order valence-electron chi connectivity index (χ0n) is 9.14. The fourth-order valence-corrected chi connectivity index (χ4v) is 1.46. The third-order valence-electron chi connectivity index (χ3n) is 2.24. The maximum absolute atomic E-state index is 10.7. The lowest BCUT2D eigenvalue weighted by Crippen LogP contribution is -2.01. The van der Waals surface area contributed by atoms with Crippen LogP contribution in [0.3, 0.4) is 0 Å². The van der Waals surface area contributed by atoms with E-state index in [1.165, 1.54) is 0 Å². The average molecular weight is 208 g/mol. The molecule has 0 radical (unpaired) electrons. The lowest BCUT2D eigenvalue weighted by Gasteiger charge is -2.03. The van der Waals surface area contributed by atoms with Crippen LogP contribution in [0.1, 0.15) is 32.4 Å². The lowest BCUT2D eigenvalue weighted by molar-refractivity contribution is -0.425. The summed E-state index contributed by atoms with van der Waals surface area (Å²) in [6.07, 6.45) is 5.07. The van der Waals surface area contributed by atoms with E-state index in [-0.39, 0.29) is 10.6 Å². The number of hydrogen-bond acceptors (Lipinski definition) is 2. The first-order valence-electron chi connectivity index (χ1n) is 5.19. The minimum atomic E-state index is -0.316. The van der Waals surface area contributed by atoms with Crippen molar-refractivity contribution >= 4 is 6.08 Å². The lowest BCUT2D eigenvalue weighted by atomic mass is 10.3. The number of nitro groups is 1. The van der Waals surface area contributed by atoms with Gasteiger partial charge in [-0.1, -0.05) is 13.8 Å². The fraction of sp³-hybridized carbons (Fsp3) is 0.455. The third-order valence-corrected chi connectivity index (χ3v) is 2.24. The van der Waals surface area contributed by atoms with Gasteiger partial charge in [0.2, 0.25) is 5.70 Å². The van der Waals surface area contributed by atoms with Crippen LogP contribution in [0.5, 0.6) is 0 Å². The Labute approximate surface area is 89.4 Å². The summed E-state index contributed by atoms with van der Waals surface area (Å²) in [5.41, 5.74) is 1.16. The second kappa shape index (κ2) is 5.34. The second-order valence-corrected chi connectivity index (χ2v) is 3.37. The second-order valence-electron chi connectivity index (χ2n) is 3.37. The molecule has 0 aliphatic heterocycles. The summed E-state index contributed by atoms with van der Waals surface area (Å²) in [6, 6.07) is 3.81. The molecule has 0 aliphatic rings. The van der Waals surface area contributed by atoms with Gasteiger partial charge in [0, 0.05) is 30.9 Å². The van der Waals surface area contributed by atoms with E-state index in [2.05, 4.69) is 6.92 Å². The predicted octanol–water partition coefficient (Wildman–Crippen LogP) is 2.93. The van der Waals surface area contributed by atoms with Gasteiger partial charge in [-0.15, -0.1) is 0 Å². The van der Waals surface area contributed by atoms with E-state index in [0.29, 0.717) is 6.42 Å².